The van der Waals surface area contributed by atoms with E-state index < -0.39 is 0 Å². The second-order valence-electron chi connectivity index (χ2n) is 5.22. The monoisotopic (exact) mass is 244 g/mol. The summed E-state index contributed by atoms with van der Waals surface area (Å²) in [6.07, 6.45) is 18.8. The summed E-state index contributed by atoms with van der Waals surface area (Å²) in [6.45, 7) is 8.72. The van der Waals surface area contributed by atoms with E-state index in [4.69, 9.17) is 6.42 Å². The van der Waals surface area contributed by atoms with Gasteiger partial charge in [-0.2, -0.15) is 0 Å². The molecule has 0 fully saturated rings. The topological polar surface area (TPSA) is 0 Å². The third-order valence-corrected chi connectivity index (χ3v) is 2.93. The zero-order valence-corrected chi connectivity index (χ0v) is 12.6. The Bertz CT molecular complexity index is 341. The molecule has 0 bridgehead atoms. The third-order valence-electron chi connectivity index (χ3n) is 2.93. The maximum absolute atomic E-state index is 5.23. The van der Waals surface area contributed by atoms with Gasteiger partial charge >= 0.3 is 0 Å². The summed E-state index contributed by atoms with van der Waals surface area (Å²) >= 11 is 0. The largest absolute Gasteiger partial charge is 0.120 e. The molecule has 0 saturated carbocycles. The van der Waals surface area contributed by atoms with Gasteiger partial charge in [0.25, 0.3) is 0 Å². The summed E-state index contributed by atoms with van der Waals surface area (Å²) in [6, 6.07) is 0. The maximum atomic E-state index is 5.23. The first-order chi connectivity index (χ1) is 8.56. The molecule has 0 aliphatic heterocycles. The van der Waals surface area contributed by atoms with E-state index >= 15 is 0 Å². The lowest BCUT2D eigenvalue weighted by Crippen LogP contribution is -1.81. The van der Waals surface area contributed by atoms with Crippen LogP contribution in [0.5, 0.6) is 0 Å². The van der Waals surface area contributed by atoms with Crippen LogP contribution in [0.4, 0.5) is 0 Å². The summed E-state index contributed by atoms with van der Waals surface area (Å²) in [7, 11) is 0. The lowest BCUT2D eigenvalue weighted by atomic mass is 10.1. The first-order valence-corrected chi connectivity index (χ1v) is 6.94. The molecule has 0 heterocycles. The summed E-state index contributed by atoms with van der Waals surface area (Å²) in [4.78, 5) is 0. The predicted molar refractivity (Wildman–Crippen MR) is 83.5 cm³/mol. The molecule has 0 rings (SSSR count). The Hall–Kier alpha value is -1.22. The van der Waals surface area contributed by atoms with E-state index in [0.717, 1.165) is 19.3 Å². The maximum Gasteiger partial charge on any atom is 0.0269 e. The van der Waals surface area contributed by atoms with Gasteiger partial charge < -0.3 is 0 Å². The van der Waals surface area contributed by atoms with Crippen molar-refractivity contribution >= 4 is 0 Å². The van der Waals surface area contributed by atoms with Crippen molar-refractivity contribution in [2.24, 2.45) is 0 Å². The van der Waals surface area contributed by atoms with Gasteiger partial charge in [0.2, 0.25) is 0 Å². The van der Waals surface area contributed by atoms with Crippen molar-refractivity contribution in [3.63, 3.8) is 0 Å². The molecule has 0 aromatic carbocycles. The zero-order valence-electron chi connectivity index (χ0n) is 12.6. The van der Waals surface area contributed by atoms with Gasteiger partial charge in [0.05, 0.1) is 0 Å². The molecule has 0 spiro atoms. The molecule has 18 heavy (non-hydrogen) atoms. The molecule has 0 saturated heterocycles. The Labute approximate surface area is 114 Å². The molecule has 0 unspecified atom stereocenters. The van der Waals surface area contributed by atoms with Crippen molar-refractivity contribution < 1.29 is 0 Å². The van der Waals surface area contributed by atoms with Crippen molar-refractivity contribution in [2.45, 2.75) is 66.2 Å². The SMILES string of the molecule is C#CCC=C(C)CCC=C(C)CCCC=C(C)C. The summed E-state index contributed by atoms with van der Waals surface area (Å²) in [5.74, 6) is 2.64. The molecule has 0 heteroatoms. The van der Waals surface area contributed by atoms with Gasteiger partial charge in [0.1, 0.15) is 0 Å². The molecule has 0 aromatic rings. The Morgan fingerprint density at radius 1 is 0.889 bits per heavy atom. The Balaban J connectivity index is 3.78. The Morgan fingerprint density at radius 3 is 2.17 bits per heavy atom. The van der Waals surface area contributed by atoms with Gasteiger partial charge in [-0.1, -0.05) is 34.9 Å². The van der Waals surface area contributed by atoms with E-state index in [0.29, 0.717) is 0 Å². The standard InChI is InChI=1S/C18H28/c1-6-7-12-17(4)14-10-15-18(5)13-9-8-11-16(2)3/h1,11-12,15H,7-10,13-14H2,2-5H3. The molecule has 100 valence electrons. The first-order valence-electron chi connectivity index (χ1n) is 6.94. The van der Waals surface area contributed by atoms with E-state index in [9.17, 15) is 0 Å². The first kappa shape index (κ1) is 16.8. The van der Waals surface area contributed by atoms with Crippen LogP contribution in [0.15, 0.2) is 34.9 Å². The lowest BCUT2D eigenvalue weighted by molar-refractivity contribution is 0.818. The van der Waals surface area contributed by atoms with Crippen LogP contribution < -0.4 is 0 Å². The van der Waals surface area contributed by atoms with Crippen molar-refractivity contribution in [3.8, 4) is 12.3 Å². The van der Waals surface area contributed by atoms with Crippen LogP contribution >= 0.6 is 0 Å². The molecule has 0 aromatic heterocycles. The minimum Gasteiger partial charge on any atom is -0.120 e. The van der Waals surface area contributed by atoms with Crippen molar-refractivity contribution in [1.29, 1.82) is 0 Å². The molecular formula is C18H28. The van der Waals surface area contributed by atoms with Crippen LogP contribution in [-0.4, -0.2) is 0 Å². The van der Waals surface area contributed by atoms with Crippen LogP contribution in [0.2, 0.25) is 0 Å². The summed E-state index contributed by atoms with van der Waals surface area (Å²) in [5.41, 5.74) is 4.34. The molecule has 0 atom stereocenters. The van der Waals surface area contributed by atoms with Gasteiger partial charge in [-0.15, -0.1) is 12.3 Å². The van der Waals surface area contributed by atoms with E-state index in [2.05, 4.69) is 51.8 Å². The van der Waals surface area contributed by atoms with Crippen LogP contribution in [0.25, 0.3) is 0 Å². The van der Waals surface area contributed by atoms with Crippen LogP contribution in [0.3, 0.4) is 0 Å². The smallest absolute Gasteiger partial charge is 0.0269 e. The minimum atomic E-state index is 0.761. The number of unbranched alkanes of at least 4 members (excludes halogenated alkanes) is 1. The van der Waals surface area contributed by atoms with Crippen LogP contribution in [0.1, 0.15) is 66.2 Å². The highest BCUT2D eigenvalue weighted by Crippen LogP contribution is 2.12. The Morgan fingerprint density at radius 2 is 1.56 bits per heavy atom. The molecule has 0 amide bonds. The quantitative estimate of drug-likeness (QED) is 0.287. The molecule has 0 N–H and O–H groups in total. The minimum absolute atomic E-state index is 0.761. The fourth-order valence-electron chi connectivity index (χ4n) is 1.76. The number of terminal acetylenes is 1. The van der Waals surface area contributed by atoms with Crippen molar-refractivity contribution in [2.75, 3.05) is 0 Å². The highest BCUT2D eigenvalue weighted by molar-refractivity contribution is 5.07. The predicted octanol–water partition coefficient (Wildman–Crippen LogP) is 5.82. The van der Waals surface area contributed by atoms with Gasteiger partial charge in [0, 0.05) is 6.42 Å². The molecule has 0 nitrogen and oxygen atoms in total. The highest BCUT2D eigenvalue weighted by Gasteiger charge is 1.92. The second-order valence-corrected chi connectivity index (χ2v) is 5.22. The van der Waals surface area contributed by atoms with E-state index in [1.165, 1.54) is 36.0 Å². The molecule has 0 aliphatic carbocycles. The van der Waals surface area contributed by atoms with Crippen LogP contribution in [-0.2, 0) is 0 Å². The fourth-order valence-corrected chi connectivity index (χ4v) is 1.76. The molecule has 0 aliphatic rings. The molecule has 0 radical (unpaired) electrons. The number of rotatable bonds is 8. The molecular weight excluding hydrogens is 216 g/mol. The fraction of sp³-hybridized carbons (Fsp3) is 0.556. The number of hydrogen-bond acceptors (Lipinski definition) is 0. The number of allylic oxidation sites excluding steroid dienone is 6. The van der Waals surface area contributed by atoms with Gasteiger partial charge in [0.15, 0.2) is 0 Å². The normalized spacial score (nSPS) is 12.2. The van der Waals surface area contributed by atoms with Gasteiger partial charge in [-0.3, -0.25) is 0 Å². The van der Waals surface area contributed by atoms with Crippen molar-refractivity contribution in [1.82, 2.24) is 0 Å². The number of hydrogen-bond donors (Lipinski definition) is 0. The van der Waals surface area contributed by atoms with E-state index in [1.54, 1.807) is 0 Å². The zero-order chi connectivity index (χ0) is 13.8. The van der Waals surface area contributed by atoms with E-state index in [-0.39, 0.29) is 0 Å². The van der Waals surface area contributed by atoms with Gasteiger partial charge in [-0.25, -0.2) is 0 Å². The summed E-state index contributed by atoms with van der Waals surface area (Å²) in [5, 5.41) is 0. The van der Waals surface area contributed by atoms with Gasteiger partial charge in [-0.05, 0) is 59.8 Å². The third kappa shape index (κ3) is 11.3. The average molecular weight is 244 g/mol. The Kier molecular flexibility index (Phi) is 10.2. The second kappa shape index (κ2) is 10.9. The lowest BCUT2D eigenvalue weighted by Gasteiger charge is -2.01. The van der Waals surface area contributed by atoms with E-state index in [1.807, 2.05) is 0 Å². The highest BCUT2D eigenvalue weighted by atomic mass is 14.0. The van der Waals surface area contributed by atoms with Crippen LogP contribution in [0, 0.1) is 12.3 Å². The average Bonchev–Trinajstić information content (AvgIpc) is 2.32. The summed E-state index contributed by atoms with van der Waals surface area (Å²) < 4.78 is 0. The van der Waals surface area contributed by atoms with Crippen molar-refractivity contribution in [3.05, 3.63) is 34.9 Å².